The molecule has 0 aliphatic carbocycles. The first-order valence-corrected chi connectivity index (χ1v) is 7.41. The topological polar surface area (TPSA) is 35.2 Å². The van der Waals surface area contributed by atoms with Crippen molar-refractivity contribution in [1.29, 1.82) is 0 Å². The molecule has 0 spiro atoms. The van der Waals surface area contributed by atoms with Gasteiger partial charge in [0, 0.05) is 11.1 Å². The molecular weight excluding hydrogens is 282 g/mol. The van der Waals surface area contributed by atoms with Crippen LogP contribution < -0.4 is 10.5 Å². The van der Waals surface area contributed by atoms with Crippen LogP contribution in [0.2, 0.25) is 5.02 Å². The third-order valence-electron chi connectivity index (χ3n) is 3.01. The Balaban J connectivity index is 1.98. The zero-order valence-corrected chi connectivity index (χ0v) is 12.9. The van der Waals surface area contributed by atoms with Crippen LogP contribution in [0.5, 0.6) is 5.75 Å². The van der Waals surface area contributed by atoms with Crippen molar-refractivity contribution >= 4 is 17.7 Å². The quantitative estimate of drug-likeness (QED) is 0.862. The van der Waals surface area contributed by atoms with Crippen LogP contribution in [0.3, 0.4) is 0 Å². The van der Waals surface area contributed by atoms with Crippen LogP contribution in [-0.2, 0) is 6.42 Å². The Hall–Kier alpha value is -1.77. The molecule has 0 heterocycles. The number of nitrogens with two attached hydrogens (primary N) is 1. The summed E-state index contributed by atoms with van der Waals surface area (Å²) in [4.78, 5) is 0. The lowest BCUT2D eigenvalue weighted by molar-refractivity contribution is 0.358. The molecule has 2 aromatic rings. The van der Waals surface area contributed by atoms with Gasteiger partial charge in [-0.2, -0.15) is 0 Å². The van der Waals surface area contributed by atoms with E-state index in [2.05, 4.69) is 12.1 Å². The van der Waals surface area contributed by atoms with Crippen LogP contribution >= 0.6 is 11.6 Å². The summed E-state index contributed by atoms with van der Waals surface area (Å²) in [5.41, 5.74) is 8.07. The minimum Gasteiger partial charge on any atom is -0.489 e. The van der Waals surface area contributed by atoms with E-state index in [0.717, 1.165) is 23.3 Å². The van der Waals surface area contributed by atoms with Crippen LogP contribution in [0.1, 0.15) is 18.1 Å². The molecule has 2 rings (SSSR count). The van der Waals surface area contributed by atoms with E-state index in [1.807, 2.05) is 55.5 Å². The largest absolute Gasteiger partial charge is 0.489 e. The Morgan fingerprint density at radius 1 is 1.19 bits per heavy atom. The van der Waals surface area contributed by atoms with Crippen LogP contribution in [0.4, 0.5) is 0 Å². The van der Waals surface area contributed by atoms with E-state index in [-0.39, 0.29) is 6.04 Å². The van der Waals surface area contributed by atoms with E-state index < -0.39 is 0 Å². The highest BCUT2D eigenvalue weighted by Gasteiger charge is 2.06. The molecule has 3 heteroatoms. The van der Waals surface area contributed by atoms with Gasteiger partial charge in [-0.15, -0.1) is 0 Å². The molecule has 2 aromatic carbocycles. The van der Waals surface area contributed by atoms with E-state index in [9.17, 15) is 0 Å². The zero-order chi connectivity index (χ0) is 15.1. The first-order valence-electron chi connectivity index (χ1n) is 7.03. The maximum Gasteiger partial charge on any atom is 0.123 e. The van der Waals surface area contributed by atoms with Crippen molar-refractivity contribution in [3.63, 3.8) is 0 Å². The van der Waals surface area contributed by atoms with E-state index in [4.69, 9.17) is 22.1 Å². The van der Waals surface area contributed by atoms with Crippen LogP contribution in [0, 0.1) is 0 Å². The number of halogens is 1. The Morgan fingerprint density at radius 2 is 1.95 bits per heavy atom. The lowest BCUT2D eigenvalue weighted by Gasteiger charge is -2.12. The van der Waals surface area contributed by atoms with Gasteiger partial charge in [-0.25, -0.2) is 0 Å². The molecule has 1 unspecified atom stereocenters. The van der Waals surface area contributed by atoms with Crippen molar-refractivity contribution < 1.29 is 4.74 Å². The van der Waals surface area contributed by atoms with Crippen LogP contribution in [0.15, 0.2) is 54.6 Å². The molecular formula is C18H20ClNO. The number of hydrogen-bond donors (Lipinski definition) is 1. The lowest BCUT2D eigenvalue weighted by Crippen LogP contribution is -2.18. The average Bonchev–Trinajstić information content (AvgIpc) is 2.46. The summed E-state index contributed by atoms with van der Waals surface area (Å²) in [5, 5.41) is 0.706. The molecule has 0 aliphatic heterocycles. The molecule has 0 bridgehead atoms. The minimum absolute atomic E-state index is 0.0747. The maximum absolute atomic E-state index is 6.03. The van der Waals surface area contributed by atoms with Crippen molar-refractivity contribution in [2.75, 3.05) is 6.61 Å². The summed E-state index contributed by atoms with van der Waals surface area (Å²) in [6.45, 7) is 2.49. The summed E-state index contributed by atoms with van der Waals surface area (Å²) in [6, 6.07) is 15.9. The lowest BCUT2D eigenvalue weighted by atomic mass is 10.1. The van der Waals surface area contributed by atoms with Crippen LogP contribution in [0.25, 0.3) is 6.08 Å². The summed E-state index contributed by atoms with van der Waals surface area (Å²) in [7, 11) is 0. The summed E-state index contributed by atoms with van der Waals surface area (Å²) < 4.78 is 5.81. The second-order valence-corrected chi connectivity index (χ2v) is 5.49. The first kappa shape index (κ1) is 15.6. The fraction of sp³-hybridized carbons (Fsp3) is 0.222. The smallest absolute Gasteiger partial charge is 0.123 e. The molecule has 110 valence electrons. The molecule has 21 heavy (non-hydrogen) atoms. The van der Waals surface area contributed by atoms with Gasteiger partial charge in [-0.3, -0.25) is 0 Å². The maximum atomic E-state index is 6.03. The van der Waals surface area contributed by atoms with Crippen molar-refractivity contribution in [3.8, 4) is 5.75 Å². The molecule has 2 nitrogen and oxygen atoms in total. The molecule has 2 N–H and O–H groups in total. The molecule has 0 aromatic heterocycles. The molecule has 0 saturated heterocycles. The fourth-order valence-electron chi connectivity index (χ4n) is 2.08. The highest BCUT2D eigenvalue weighted by molar-refractivity contribution is 6.30. The van der Waals surface area contributed by atoms with Crippen molar-refractivity contribution in [2.45, 2.75) is 19.4 Å². The predicted molar refractivity (Wildman–Crippen MR) is 89.8 cm³/mol. The van der Waals surface area contributed by atoms with E-state index in [1.165, 1.54) is 0 Å². The fourth-order valence-corrected chi connectivity index (χ4v) is 2.28. The van der Waals surface area contributed by atoms with Crippen molar-refractivity contribution in [2.24, 2.45) is 5.73 Å². The van der Waals surface area contributed by atoms with Crippen molar-refractivity contribution in [3.05, 3.63) is 70.8 Å². The van der Waals surface area contributed by atoms with Gasteiger partial charge >= 0.3 is 0 Å². The third kappa shape index (κ3) is 5.25. The van der Waals surface area contributed by atoms with Gasteiger partial charge in [0.1, 0.15) is 12.4 Å². The zero-order valence-electron chi connectivity index (χ0n) is 12.1. The summed E-state index contributed by atoms with van der Waals surface area (Å²) in [5.74, 6) is 0.842. The highest BCUT2D eigenvalue weighted by atomic mass is 35.5. The standard InChI is InChI=1S/C18H20ClNO/c1-14(20)12-16-13-17(19)9-10-18(16)21-11-5-8-15-6-3-2-4-7-15/h2-10,13-14H,11-12,20H2,1H3/b8-5+. The Kier molecular flexibility index (Phi) is 5.85. The predicted octanol–water partition coefficient (Wildman–Crippen LogP) is 4.32. The van der Waals surface area contributed by atoms with Crippen LogP contribution in [-0.4, -0.2) is 12.6 Å². The van der Waals surface area contributed by atoms with Gasteiger partial charge in [0.15, 0.2) is 0 Å². The average molecular weight is 302 g/mol. The molecule has 0 fully saturated rings. The Morgan fingerprint density at radius 3 is 2.67 bits per heavy atom. The Bertz CT molecular complexity index is 593. The number of benzene rings is 2. The first-order chi connectivity index (χ1) is 10.1. The molecule has 0 saturated carbocycles. The van der Waals surface area contributed by atoms with Crippen molar-refractivity contribution in [1.82, 2.24) is 0 Å². The minimum atomic E-state index is 0.0747. The van der Waals surface area contributed by atoms with Gasteiger partial charge < -0.3 is 10.5 Å². The molecule has 0 radical (unpaired) electrons. The molecule has 0 amide bonds. The Labute approximate surface area is 131 Å². The van der Waals surface area contributed by atoms with E-state index in [1.54, 1.807) is 0 Å². The van der Waals surface area contributed by atoms with Gasteiger partial charge in [-0.05, 0) is 48.7 Å². The third-order valence-corrected chi connectivity index (χ3v) is 3.24. The van der Waals surface area contributed by atoms with E-state index >= 15 is 0 Å². The number of ether oxygens (including phenoxy) is 1. The second-order valence-electron chi connectivity index (χ2n) is 5.06. The summed E-state index contributed by atoms with van der Waals surface area (Å²) in [6.07, 6.45) is 4.79. The second kappa shape index (κ2) is 7.87. The number of rotatable bonds is 6. The van der Waals surface area contributed by atoms with Gasteiger partial charge in [0.2, 0.25) is 0 Å². The SMILES string of the molecule is CC(N)Cc1cc(Cl)ccc1OC/C=C/c1ccccc1. The molecule has 0 aliphatic rings. The molecule has 1 atom stereocenters. The normalized spacial score (nSPS) is 12.5. The van der Waals surface area contributed by atoms with E-state index in [0.29, 0.717) is 11.6 Å². The highest BCUT2D eigenvalue weighted by Crippen LogP contribution is 2.24. The van der Waals surface area contributed by atoms with Gasteiger partial charge in [0.25, 0.3) is 0 Å². The monoisotopic (exact) mass is 301 g/mol. The van der Waals surface area contributed by atoms with Gasteiger partial charge in [0.05, 0.1) is 0 Å². The number of hydrogen-bond acceptors (Lipinski definition) is 2. The summed E-state index contributed by atoms with van der Waals surface area (Å²) >= 11 is 6.03. The van der Waals surface area contributed by atoms with Gasteiger partial charge in [-0.1, -0.05) is 48.0 Å².